The highest BCUT2D eigenvalue weighted by molar-refractivity contribution is 7.15. The predicted octanol–water partition coefficient (Wildman–Crippen LogP) is 4.21. The zero-order chi connectivity index (χ0) is 20.2. The molecule has 0 saturated heterocycles. The van der Waals surface area contributed by atoms with E-state index in [0.29, 0.717) is 11.6 Å². The van der Waals surface area contributed by atoms with Crippen molar-refractivity contribution in [2.24, 2.45) is 7.05 Å². The van der Waals surface area contributed by atoms with Crippen LogP contribution in [0.4, 0.5) is 9.52 Å². The highest BCUT2D eigenvalue weighted by atomic mass is 32.1. The molecule has 1 unspecified atom stereocenters. The number of hydrogen-bond acceptors (Lipinski definition) is 6. The molecule has 148 valence electrons. The maximum absolute atomic E-state index is 13.1. The fourth-order valence-corrected chi connectivity index (χ4v) is 3.86. The van der Waals surface area contributed by atoms with Crippen LogP contribution in [0.25, 0.3) is 0 Å². The van der Waals surface area contributed by atoms with Crippen LogP contribution >= 0.6 is 11.3 Å². The van der Waals surface area contributed by atoms with Gasteiger partial charge in [0.05, 0.1) is 7.11 Å². The summed E-state index contributed by atoms with van der Waals surface area (Å²) in [6.07, 6.45) is 4.28. The fourth-order valence-electron chi connectivity index (χ4n) is 3.06. The Balaban J connectivity index is 1.59. The Kier molecular flexibility index (Phi) is 5.53. The van der Waals surface area contributed by atoms with Crippen LogP contribution in [0.5, 0.6) is 5.75 Å². The van der Waals surface area contributed by atoms with Crippen molar-refractivity contribution in [3.8, 4) is 5.75 Å². The minimum Gasteiger partial charge on any atom is -0.497 e. The van der Waals surface area contributed by atoms with Gasteiger partial charge in [-0.3, -0.25) is 0 Å². The van der Waals surface area contributed by atoms with Gasteiger partial charge in [0.25, 0.3) is 0 Å². The van der Waals surface area contributed by atoms with E-state index in [4.69, 9.17) is 4.74 Å². The second kappa shape index (κ2) is 8.40. The summed E-state index contributed by atoms with van der Waals surface area (Å²) in [5.41, 5.74) is 2.00. The molecule has 2 heterocycles. The molecular weight excluding hydrogens is 389 g/mol. The van der Waals surface area contributed by atoms with Crippen molar-refractivity contribution >= 4 is 16.5 Å². The van der Waals surface area contributed by atoms with Crippen LogP contribution in [0, 0.1) is 5.82 Å². The third-order valence-electron chi connectivity index (χ3n) is 4.55. The molecule has 0 aliphatic carbocycles. The second-order valence-electron chi connectivity index (χ2n) is 6.55. The van der Waals surface area contributed by atoms with Gasteiger partial charge in [-0.15, -0.1) is 10.2 Å². The summed E-state index contributed by atoms with van der Waals surface area (Å²) in [4.78, 5) is 4.51. The van der Waals surface area contributed by atoms with Crippen molar-refractivity contribution in [2.75, 3.05) is 12.4 Å². The number of nitrogens with zero attached hydrogens (tertiary/aromatic N) is 4. The van der Waals surface area contributed by atoms with E-state index < -0.39 is 0 Å². The number of hydrogen-bond donors (Lipinski definition) is 1. The van der Waals surface area contributed by atoms with E-state index in [2.05, 4.69) is 20.5 Å². The molecule has 1 N–H and O–H groups in total. The molecule has 0 radical (unpaired) electrons. The van der Waals surface area contributed by atoms with E-state index in [9.17, 15) is 4.39 Å². The first-order valence-electron chi connectivity index (χ1n) is 9.07. The van der Waals surface area contributed by atoms with Crippen LogP contribution in [0.1, 0.15) is 28.0 Å². The normalized spacial score (nSPS) is 12.0. The summed E-state index contributed by atoms with van der Waals surface area (Å²) in [6.45, 7) is 0. The van der Waals surface area contributed by atoms with Crippen LogP contribution in [-0.4, -0.2) is 26.9 Å². The minimum absolute atomic E-state index is 0.211. The standard InChI is InChI=1S/C21H20FN5OS/c1-27-11-10-23-20(27)19(15-4-3-5-17(13-15)28-2)24-21-26-25-18(29-21)12-14-6-8-16(22)9-7-14/h3-11,13,19H,12H2,1-2H3,(H,24,26). The van der Waals surface area contributed by atoms with Crippen LogP contribution in [0.15, 0.2) is 60.9 Å². The highest BCUT2D eigenvalue weighted by Crippen LogP contribution is 2.29. The van der Waals surface area contributed by atoms with Gasteiger partial charge in [-0.2, -0.15) is 0 Å². The Hall–Kier alpha value is -3.26. The molecule has 0 aliphatic rings. The Morgan fingerprint density at radius 1 is 1.17 bits per heavy atom. The molecule has 0 fully saturated rings. The molecule has 29 heavy (non-hydrogen) atoms. The van der Waals surface area contributed by atoms with Crippen molar-refractivity contribution in [3.63, 3.8) is 0 Å². The number of anilines is 1. The number of ether oxygens (including phenoxy) is 1. The van der Waals surface area contributed by atoms with Gasteiger partial charge in [0, 0.05) is 25.9 Å². The highest BCUT2D eigenvalue weighted by Gasteiger charge is 2.21. The first-order chi connectivity index (χ1) is 14.1. The van der Waals surface area contributed by atoms with E-state index in [1.165, 1.54) is 23.5 Å². The summed E-state index contributed by atoms with van der Waals surface area (Å²) < 4.78 is 20.4. The first-order valence-corrected chi connectivity index (χ1v) is 9.88. The molecule has 0 aliphatic heterocycles. The van der Waals surface area contributed by atoms with Gasteiger partial charge in [0.15, 0.2) is 0 Å². The van der Waals surface area contributed by atoms with Crippen molar-refractivity contribution in [1.82, 2.24) is 19.7 Å². The largest absolute Gasteiger partial charge is 0.497 e. The van der Waals surface area contributed by atoms with Crippen molar-refractivity contribution in [2.45, 2.75) is 12.5 Å². The lowest BCUT2D eigenvalue weighted by Crippen LogP contribution is -2.16. The summed E-state index contributed by atoms with van der Waals surface area (Å²) in [5.74, 6) is 1.39. The average molecular weight is 409 g/mol. The van der Waals surface area contributed by atoms with E-state index in [-0.39, 0.29) is 11.9 Å². The molecule has 8 heteroatoms. The quantitative estimate of drug-likeness (QED) is 0.495. The topological polar surface area (TPSA) is 64.9 Å². The van der Waals surface area contributed by atoms with Crippen LogP contribution in [0.3, 0.4) is 0 Å². The molecule has 0 amide bonds. The van der Waals surface area contributed by atoms with Crippen LogP contribution in [-0.2, 0) is 13.5 Å². The van der Waals surface area contributed by atoms with Gasteiger partial charge in [-0.25, -0.2) is 9.37 Å². The molecule has 1 atom stereocenters. The molecule has 6 nitrogen and oxygen atoms in total. The lowest BCUT2D eigenvalue weighted by atomic mass is 10.1. The summed E-state index contributed by atoms with van der Waals surface area (Å²) in [5, 5.41) is 13.6. The summed E-state index contributed by atoms with van der Waals surface area (Å²) >= 11 is 1.47. The molecule has 4 rings (SSSR count). The second-order valence-corrected chi connectivity index (χ2v) is 7.62. The Bertz CT molecular complexity index is 1090. The Morgan fingerprint density at radius 2 is 2.00 bits per heavy atom. The third-order valence-corrected chi connectivity index (χ3v) is 5.40. The lowest BCUT2D eigenvalue weighted by molar-refractivity contribution is 0.414. The molecule has 4 aromatic rings. The van der Waals surface area contributed by atoms with Crippen LogP contribution in [0.2, 0.25) is 0 Å². The number of rotatable bonds is 7. The van der Waals surface area contributed by atoms with Crippen LogP contribution < -0.4 is 10.1 Å². The number of imidazole rings is 1. The summed E-state index contributed by atoms with van der Waals surface area (Å²) in [7, 11) is 3.60. The number of aromatic nitrogens is 4. The minimum atomic E-state index is -0.246. The molecule has 2 aromatic carbocycles. The van der Waals surface area contributed by atoms with Crippen molar-refractivity contribution < 1.29 is 9.13 Å². The van der Waals surface area contributed by atoms with E-state index >= 15 is 0 Å². The number of halogens is 1. The van der Waals surface area contributed by atoms with Crippen molar-refractivity contribution in [1.29, 1.82) is 0 Å². The third kappa shape index (κ3) is 4.43. The number of nitrogens with one attached hydrogen (secondary N) is 1. The molecule has 2 aromatic heterocycles. The fraction of sp³-hybridized carbons (Fsp3) is 0.190. The van der Waals surface area contributed by atoms with Gasteiger partial charge >= 0.3 is 0 Å². The zero-order valence-electron chi connectivity index (χ0n) is 16.0. The van der Waals surface area contributed by atoms with Gasteiger partial charge in [0.2, 0.25) is 5.13 Å². The SMILES string of the molecule is COc1cccc(C(Nc2nnc(Cc3ccc(F)cc3)s2)c2nccn2C)c1. The maximum Gasteiger partial charge on any atom is 0.206 e. The molecule has 0 spiro atoms. The first kappa shape index (κ1) is 19.1. The monoisotopic (exact) mass is 409 g/mol. The molecule has 0 saturated carbocycles. The Morgan fingerprint density at radius 3 is 2.72 bits per heavy atom. The van der Waals surface area contributed by atoms with Gasteiger partial charge < -0.3 is 14.6 Å². The number of benzene rings is 2. The summed E-state index contributed by atoms with van der Waals surface area (Å²) in [6, 6.07) is 14.1. The van der Waals surface area contributed by atoms with Gasteiger partial charge in [-0.1, -0.05) is 35.6 Å². The van der Waals surface area contributed by atoms with Gasteiger partial charge in [0.1, 0.15) is 28.4 Å². The van der Waals surface area contributed by atoms with Crippen molar-refractivity contribution in [3.05, 3.63) is 88.7 Å². The molecular formula is C21H20FN5OS. The number of methoxy groups -OCH3 is 1. The van der Waals surface area contributed by atoms with E-state index in [0.717, 1.165) is 27.7 Å². The smallest absolute Gasteiger partial charge is 0.206 e. The van der Waals surface area contributed by atoms with E-state index in [1.807, 2.05) is 42.1 Å². The lowest BCUT2D eigenvalue weighted by Gasteiger charge is -2.19. The van der Waals surface area contributed by atoms with Gasteiger partial charge in [-0.05, 0) is 35.4 Å². The zero-order valence-corrected chi connectivity index (χ0v) is 16.9. The maximum atomic E-state index is 13.1. The predicted molar refractivity (Wildman–Crippen MR) is 111 cm³/mol. The molecule has 0 bridgehead atoms. The number of aryl methyl sites for hydroxylation is 1. The average Bonchev–Trinajstić information content (AvgIpc) is 3.36. The Labute approximate surface area is 172 Å². The van der Waals surface area contributed by atoms with E-state index in [1.54, 1.807) is 25.4 Å².